The molecule has 0 radical (unpaired) electrons. The Hall–Kier alpha value is -3.16. The summed E-state index contributed by atoms with van der Waals surface area (Å²) in [6.45, 7) is 0. The summed E-state index contributed by atoms with van der Waals surface area (Å²) in [5.74, 6) is -0.181. The normalized spacial score (nSPS) is 9.91. The standard InChI is InChI=1S/C14H13N3O5/c1-15-11-4-3-9(7-12(11)17(19)20)22-13-5-6-16-8-10(13)14(18)21-2/h3-8,15H,1-2H3. The molecule has 8 nitrogen and oxygen atoms in total. The van der Waals surface area contributed by atoms with Crippen molar-refractivity contribution in [1.29, 1.82) is 0 Å². The molecule has 0 saturated carbocycles. The Bertz CT molecular complexity index is 717. The van der Waals surface area contributed by atoms with E-state index >= 15 is 0 Å². The summed E-state index contributed by atoms with van der Waals surface area (Å²) in [4.78, 5) is 26.0. The van der Waals surface area contributed by atoms with Gasteiger partial charge in [0.1, 0.15) is 22.7 Å². The van der Waals surface area contributed by atoms with E-state index in [0.717, 1.165) is 0 Å². The first kappa shape index (κ1) is 15.2. The lowest BCUT2D eigenvalue weighted by atomic mass is 10.2. The zero-order valence-electron chi connectivity index (χ0n) is 11.9. The van der Waals surface area contributed by atoms with Gasteiger partial charge >= 0.3 is 5.97 Å². The van der Waals surface area contributed by atoms with E-state index in [9.17, 15) is 14.9 Å². The minimum Gasteiger partial charge on any atom is -0.465 e. The number of hydrogen-bond acceptors (Lipinski definition) is 7. The van der Waals surface area contributed by atoms with Crippen molar-refractivity contribution in [2.45, 2.75) is 0 Å². The molecule has 0 amide bonds. The first-order valence-electron chi connectivity index (χ1n) is 6.23. The summed E-state index contributed by atoms with van der Waals surface area (Å²) in [7, 11) is 2.83. The number of aromatic nitrogens is 1. The third-order valence-corrected chi connectivity index (χ3v) is 2.85. The first-order valence-corrected chi connectivity index (χ1v) is 6.23. The third-order valence-electron chi connectivity index (χ3n) is 2.85. The minimum atomic E-state index is -0.607. The van der Waals surface area contributed by atoms with E-state index in [1.54, 1.807) is 13.1 Å². The van der Waals surface area contributed by atoms with Crippen molar-refractivity contribution < 1.29 is 19.2 Å². The zero-order valence-corrected chi connectivity index (χ0v) is 11.9. The molecule has 0 saturated heterocycles. The number of methoxy groups -OCH3 is 1. The number of carbonyl (C=O) groups excluding carboxylic acids is 1. The Kier molecular flexibility index (Phi) is 4.52. The first-order chi connectivity index (χ1) is 10.6. The van der Waals surface area contributed by atoms with Gasteiger partial charge < -0.3 is 14.8 Å². The van der Waals surface area contributed by atoms with Crippen LogP contribution in [-0.4, -0.2) is 30.0 Å². The molecule has 2 rings (SSSR count). The molecular weight excluding hydrogens is 290 g/mol. The van der Waals surface area contributed by atoms with Crippen LogP contribution < -0.4 is 10.1 Å². The number of nitro groups is 1. The van der Waals surface area contributed by atoms with Crippen LogP contribution in [0.5, 0.6) is 11.5 Å². The van der Waals surface area contributed by atoms with E-state index in [4.69, 9.17) is 4.74 Å². The van der Waals surface area contributed by atoms with E-state index in [0.29, 0.717) is 5.69 Å². The number of esters is 1. The number of hydrogen-bond donors (Lipinski definition) is 1. The monoisotopic (exact) mass is 303 g/mol. The maximum Gasteiger partial charge on any atom is 0.343 e. The molecule has 0 aliphatic carbocycles. The molecule has 0 bridgehead atoms. The van der Waals surface area contributed by atoms with E-state index in [1.165, 1.54) is 37.7 Å². The fourth-order valence-electron chi connectivity index (χ4n) is 1.80. The smallest absolute Gasteiger partial charge is 0.343 e. The second-order valence-corrected chi connectivity index (χ2v) is 4.15. The van der Waals surface area contributed by atoms with Gasteiger partial charge in [0.15, 0.2) is 0 Å². The number of anilines is 1. The van der Waals surface area contributed by atoms with Gasteiger partial charge in [-0.2, -0.15) is 0 Å². The Labute approximate surface area is 125 Å². The van der Waals surface area contributed by atoms with Crippen LogP contribution in [0.4, 0.5) is 11.4 Å². The SMILES string of the molecule is CNc1ccc(Oc2ccncc2C(=O)OC)cc1[N+](=O)[O-]. The fraction of sp³-hybridized carbons (Fsp3) is 0.143. The van der Waals surface area contributed by atoms with Gasteiger partial charge in [0, 0.05) is 25.5 Å². The number of rotatable bonds is 5. The van der Waals surface area contributed by atoms with Gasteiger partial charge in [-0.3, -0.25) is 15.1 Å². The molecule has 1 aromatic carbocycles. The van der Waals surface area contributed by atoms with Crippen LogP contribution in [0, 0.1) is 10.1 Å². The second kappa shape index (κ2) is 6.53. The Morgan fingerprint density at radius 1 is 1.36 bits per heavy atom. The molecule has 0 fully saturated rings. The molecule has 22 heavy (non-hydrogen) atoms. The number of nitrogens with one attached hydrogen (secondary N) is 1. The molecule has 1 aromatic heterocycles. The van der Waals surface area contributed by atoms with Crippen molar-refractivity contribution in [3.8, 4) is 11.5 Å². The fourth-order valence-corrected chi connectivity index (χ4v) is 1.80. The average molecular weight is 303 g/mol. The molecule has 0 spiro atoms. The van der Waals surface area contributed by atoms with Crippen molar-refractivity contribution in [2.75, 3.05) is 19.5 Å². The van der Waals surface area contributed by atoms with Crippen LogP contribution in [0.2, 0.25) is 0 Å². The van der Waals surface area contributed by atoms with Crippen LogP contribution >= 0.6 is 0 Å². The number of nitrogens with zero attached hydrogens (tertiary/aromatic N) is 2. The van der Waals surface area contributed by atoms with Crippen LogP contribution in [0.3, 0.4) is 0 Å². The number of carbonyl (C=O) groups is 1. The number of benzene rings is 1. The van der Waals surface area contributed by atoms with Gasteiger partial charge in [-0.05, 0) is 12.1 Å². The summed E-state index contributed by atoms with van der Waals surface area (Å²) >= 11 is 0. The van der Waals surface area contributed by atoms with E-state index in [2.05, 4.69) is 15.0 Å². The number of ether oxygens (including phenoxy) is 2. The Morgan fingerprint density at radius 2 is 2.14 bits per heavy atom. The summed E-state index contributed by atoms with van der Waals surface area (Å²) in [5.41, 5.74) is 0.360. The van der Waals surface area contributed by atoms with Gasteiger partial charge in [0.2, 0.25) is 0 Å². The predicted octanol–water partition coefficient (Wildman–Crippen LogP) is 2.61. The van der Waals surface area contributed by atoms with Crippen LogP contribution in [0.15, 0.2) is 36.7 Å². The van der Waals surface area contributed by atoms with Gasteiger partial charge in [-0.25, -0.2) is 4.79 Å². The summed E-state index contributed by atoms with van der Waals surface area (Å²) < 4.78 is 10.2. The van der Waals surface area contributed by atoms with Gasteiger partial charge in [-0.1, -0.05) is 0 Å². The molecule has 0 unspecified atom stereocenters. The average Bonchev–Trinajstić information content (AvgIpc) is 2.54. The summed E-state index contributed by atoms with van der Waals surface area (Å²) in [5, 5.41) is 13.8. The molecule has 0 aliphatic rings. The Balaban J connectivity index is 2.38. The highest BCUT2D eigenvalue weighted by Gasteiger charge is 2.17. The molecule has 2 aromatic rings. The highest BCUT2D eigenvalue weighted by atomic mass is 16.6. The largest absolute Gasteiger partial charge is 0.465 e. The van der Waals surface area contributed by atoms with Crippen LogP contribution in [0.1, 0.15) is 10.4 Å². The minimum absolute atomic E-state index is 0.130. The van der Waals surface area contributed by atoms with Crippen molar-refractivity contribution in [1.82, 2.24) is 4.98 Å². The van der Waals surface area contributed by atoms with E-state index < -0.39 is 10.9 Å². The summed E-state index contributed by atoms with van der Waals surface area (Å²) in [6.07, 6.45) is 2.75. The second-order valence-electron chi connectivity index (χ2n) is 4.15. The molecule has 1 heterocycles. The van der Waals surface area contributed by atoms with Crippen molar-refractivity contribution in [3.05, 3.63) is 52.3 Å². The van der Waals surface area contributed by atoms with Crippen molar-refractivity contribution in [3.63, 3.8) is 0 Å². The number of pyridine rings is 1. The van der Waals surface area contributed by atoms with E-state index in [1.807, 2.05) is 0 Å². The maximum atomic E-state index is 11.6. The molecular formula is C14H13N3O5. The highest BCUT2D eigenvalue weighted by Crippen LogP contribution is 2.32. The third kappa shape index (κ3) is 3.11. The van der Waals surface area contributed by atoms with Crippen molar-refractivity contribution in [2.24, 2.45) is 0 Å². The number of nitro benzene ring substituents is 1. The molecule has 0 aliphatic heterocycles. The van der Waals surface area contributed by atoms with Gasteiger partial charge in [0.25, 0.3) is 5.69 Å². The van der Waals surface area contributed by atoms with Gasteiger partial charge in [0.05, 0.1) is 18.1 Å². The predicted molar refractivity (Wildman–Crippen MR) is 78.3 cm³/mol. The molecule has 8 heteroatoms. The molecule has 0 atom stereocenters. The van der Waals surface area contributed by atoms with Crippen LogP contribution in [0.25, 0.3) is 0 Å². The maximum absolute atomic E-state index is 11.6. The lowest BCUT2D eigenvalue weighted by molar-refractivity contribution is -0.384. The summed E-state index contributed by atoms with van der Waals surface area (Å²) in [6, 6.07) is 5.82. The highest BCUT2D eigenvalue weighted by molar-refractivity contribution is 5.92. The quantitative estimate of drug-likeness (QED) is 0.514. The van der Waals surface area contributed by atoms with E-state index in [-0.39, 0.29) is 22.7 Å². The lowest BCUT2D eigenvalue weighted by Gasteiger charge is -2.10. The van der Waals surface area contributed by atoms with Crippen molar-refractivity contribution >= 4 is 17.3 Å². The zero-order chi connectivity index (χ0) is 16.1. The van der Waals surface area contributed by atoms with Gasteiger partial charge in [-0.15, -0.1) is 0 Å². The topological polar surface area (TPSA) is 104 Å². The molecule has 1 N–H and O–H groups in total. The lowest BCUT2D eigenvalue weighted by Crippen LogP contribution is -2.04. The molecule has 114 valence electrons. The van der Waals surface area contributed by atoms with Crippen LogP contribution in [-0.2, 0) is 4.74 Å². The Morgan fingerprint density at radius 3 is 2.77 bits per heavy atom.